The van der Waals surface area contributed by atoms with Crippen molar-refractivity contribution in [1.82, 2.24) is 10.2 Å². The maximum atomic E-state index is 13.5. The van der Waals surface area contributed by atoms with Crippen LogP contribution in [-0.4, -0.2) is 42.2 Å². The van der Waals surface area contributed by atoms with Gasteiger partial charge in [-0.1, -0.05) is 13.0 Å². The summed E-state index contributed by atoms with van der Waals surface area (Å²) in [5.41, 5.74) is -0.251. The third-order valence-electron chi connectivity index (χ3n) is 3.96. The molecule has 0 bridgehead atoms. The fourth-order valence-corrected chi connectivity index (χ4v) is 2.86. The summed E-state index contributed by atoms with van der Waals surface area (Å²) in [4.78, 5) is 2.38. The number of benzene rings is 1. The van der Waals surface area contributed by atoms with Crippen molar-refractivity contribution in [2.24, 2.45) is 0 Å². The number of likely N-dealkylation sites (N-methyl/N-ethyl adjacent to an activating group) is 1. The Morgan fingerprint density at radius 1 is 1.40 bits per heavy atom. The Bertz CT molecular complexity index is 422. The molecule has 1 aromatic carbocycles. The van der Waals surface area contributed by atoms with Crippen molar-refractivity contribution in [3.63, 3.8) is 0 Å². The minimum Gasteiger partial charge on any atom is -0.387 e. The lowest BCUT2D eigenvalue weighted by Gasteiger charge is -2.23. The molecular weight excluding hydrogens is 262 g/mol. The molecule has 2 unspecified atom stereocenters. The monoisotopic (exact) mass is 284 g/mol. The van der Waals surface area contributed by atoms with E-state index in [4.69, 9.17) is 0 Å². The van der Waals surface area contributed by atoms with Gasteiger partial charge in [0.15, 0.2) is 0 Å². The number of nitrogens with one attached hydrogen (secondary N) is 1. The number of aliphatic hydroxyl groups is 1. The lowest BCUT2D eigenvalue weighted by molar-refractivity contribution is 0.159. The fourth-order valence-electron chi connectivity index (χ4n) is 2.86. The predicted octanol–water partition coefficient (Wildman–Crippen LogP) is 2.07. The van der Waals surface area contributed by atoms with Crippen LogP contribution in [0.3, 0.4) is 0 Å². The lowest BCUT2D eigenvalue weighted by atomic mass is 10.1. The fraction of sp³-hybridized carbons (Fsp3) is 0.600. The number of aliphatic hydroxyl groups excluding tert-OH is 1. The highest BCUT2D eigenvalue weighted by molar-refractivity contribution is 5.22. The Morgan fingerprint density at radius 2 is 2.10 bits per heavy atom. The summed E-state index contributed by atoms with van der Waals surface area (Å²) in [6.07, 6.45) is 1.16. The Morgan fingerprint density at radius 3 is 2.75 bits per heavy atom. The van der Waals surface area contributed by atoms with Gasteiger partial charge in [-0.25, -0.2) is 8.78 Å². The Labute approximate surface area is 118 Å². The molecule has 0 radical (unpaired) electrons. The highest BCUT2D eigenvalue weighted by Gasteiger charge is 2.23. The van der Waals surface area contributed by atoms with Crippen LogP contribution in [0.4, 0.5) is 8.78 Å². The van der Waals surface area contributed by atoms with E-state index in [9.17, 15) is 13.9 Å². The van der Waals surface area contributed by atoms with E-state index in [0.717, 1.165) is 38.2 Å². The first-order valence-corrected chi connectivity index (χ1v) is 7.20. The summed E-state index contributed by atoms with van der Waals surface area (Å²) in [7, 11) is 0. The molecule has 1 saturated heterocycles. The summed E-state index contributed by atoms with van der Waals surface area (Å²) in [6.45, 7) is 5.14. The largest absolute Gasteiger partial charge is 0.387 e. The van der Waals surface area contributed by atoms with Crippen LogP contribution in [0, 0.1) is 11.6 Å². The van der Waals surface area contributed by atoms with Crippen LogP contribution >= 0.6 is 0 Å². The molecule has 112 valence electrons. The minimum absolute atomic E-state index is 0.159. The average molecular weight is 284 g/mol. The molecule has 0 aliphatic carbocycles. The zero-order valence-electron chi connectivity index (χ0n) is 11.8. The SMILES string of the molecule is CCN1CCCC1CNCC(O)c1c(F)cccc1F. The van der Waals surface area contributed by atoms with Crippen LogP contribution in [-0.2, 0) is 0 Å². The summed E-state index contributed by atoms with van der Waals surface area (Å²) in [5, 5.41) is 13.0. The van der Waals surface area contributed by atoms with E-state index >= 15 is 0 Å². The standard InChI is InChI=1S/C15H22F2N2O/c1-2-19-8-4-5-11(19)9-18-10-14(20)15-12(16)6-3-7-13(15)17/h3,6-7,11,14,18,20H,2,4-5,8-10H2,1H3. The van der Waals surface area contributed by atoms with Crippen molar-refractivity contribution in [3.8, 4) is 0 Å². The molecule has 0 aromatic heterocycles. The Kier molecular flexibility index (Phi) is 5.46. The number of likely N-dealkylation sites (tertiary alicyclic amines) is 1. The van der Waals surface area contributed by atoms with E-state index in [1.54, 1.807) is 0 Å². The number of rotatable bonds is 6. The molecule has 3 nitrogen and oxygen atoms in total. The van der Waals surface area contributed by atoms with Gasteiger partial charge in [-0.3, -0.25) is 4.90 Å². The molecule has 5 heteroatoms. The molecule has 20 heavy (non-hydrogen) atoms. The third-order valence-corrected chi connectivity index (χ3v) is 3.96. The number of nitrogens with zero attached hydrogens (tertiary/aromatic N) is 1. The second-order valence-corrected chi connectivity index (χ2v) is 5.23. The zero-order chi connectivity index (χ0) is 14.5. The van der Waals surface area contributed by atoms with Crippen LogP contribution in [0.2, 0.25) is 0 Å². The predicted molar refractivity (Wildman–Crippen MR) is 74.5 cm³/mol. The summed E-state index contributed by atoms with van der Waals surface area (Å²) in [6, 6.07) is 4.08. The molecule has 1 aliphatic rings. The third kappa shape index (κ3) is 3.53. The van der Waals surface area contributed by atoms with Crippen molar-refractivity contribution >= 4 is 0 Å². The van der Waals surface area contributed by atoms with Crippen LogP contribution in [0.25, 0.3) is 0 Å². The van der Waals surface area contributed by atoms with Gasteiger partial charge < -0.3 is 10.4 Å². The molecule has 1 aliphatic heterocycles. The van der Waals surface area contributed by atoms with Gasteiger partial charge in [0, 0.05) is 19.1 Å². The molecule has 2 N–H and O–H groups in total. The molecule has 1 aromatic rings. The van der Waals surface area contributed by atoms with Crippen molar-refractivity contribution < 1.29 is 13.9 Å². The van der Waals surface area contributed by atoms with E-state index in [2.05, 4.69) is 17.1 Å². The highest BCUT2D eigenvalue weighted by Crippen LogP contribution is 2.20. The van der Waals surface area contributed by atoms with E-state index in [1.165, 1.54) is 12.5 Å². The van der Waals surface area contributed by atoms with Crippen molar-refractivity contribution in [2.75, 3.05) is 26.2 Å². The molecule has 1 heterocycles. The van der Waals surface area contributed by atoms with E-state index in [0.29, 0.717) is 6.04 Å². The van der Waals surface area contributed by atoms with Gasteiger partial charge in [0.05, 0.1) is 11.7 Å². The van der Waals surface area contributed by atoms with Gasteiger partial charge in [-0.05, 0) is 38.1 Å². The highest BCUT2D eigenvalue weighted by atomic mass is 19.1. The summed E-state index contributed by atoms with van der Waals surface area (Å²) >= 11 is 0. The van der Waals surface area contributed by atoms with Gasteiger partial charge in [-0.2, -0.15) is 0 Å². The van der Waals surface area contributed by atoms with Crippen LogP contribution in [0.15, 0.2) is 18.2 Å². The van der Waals surface area contributed by atoms with Gasteiger partial charge in [0.2, 0.25) is 0 Å². The van der Waals surface area contributed by atoms with Gasteiger partial charge in [-0.15, -0.1) is 0 Å². The molecule has 2 atom stereocenters. The first-order chi connectivity index (χ1) is 9.63. The second kappa shape index (κ2) is 7.11. The smallest absolute Gasteiger partial charge is 0.131 e. The van der Waals surface area contributed by atoms with Gasteiger partial charge in [0.1, 0.15) is 11.6 Å². The topological polar surface area (TPSA) is 35.5 Å². The summed E-state index contributed by atoms with van der Waals surface area (Å²) in [5.74, 6) is -1.40. The molecule has 2 rings (SSSR count). The molecule has 0 spiro atoms. The average Bonchev–Trinajstić information content (AvgIpc) is 2.86. The second-order valence-electron chi connectivity index (χ2n) is 5.23. The first kappa shape index (κ1) is 15.4. The maximum absolute atomic E-state index is 13.5. The number of hydrogen-bond donors (Lipinski definition) is 2. The van der Waals surface area contributed by atoms with Crippen molar-refractivity contribution in [1.29, 1.82) is 0 Å². The van der Waals surface area contributed by atoms with E-state index < -0.39 is 17.7 Å². The number of halogens is 2. The van der Waals surface area contributed by atoms with Gasteiger partial charge in [0.25, 0.3) is 0 Å². The van der Waals surface area contributed by atoms with Crippen molar-refractivity contribution in [3.05, 3.63) is 35.4 Å². The van der Waals surface area contributed by atoms with E-state index in [-0.39, 0.29) is 12.1 Å². The minimum atomic E-state index is -1.16. The maximum Gasteiger partial charge on any atom is 0.131 e. The van der Waals surface area contributed by atoms with E-state index in [1.807, 2.05) is 0 Å². The van der Waals surface area contributed by atoms with Crippen molar-refractivity contribution in [2.45, 2.75) is 31.9 Å². The van der Waals surface area contributed by atoms with Crippen LogP contribution in [0.1, 0.15) is 31.4 Å². The molecule has 0 saturated carbocycles. The van der Waals surface area contributed by atoms with Crippen LogP contribution in [0.5, 0.6) is 0 Å². The Hall–Kier alpha value is -1.04. The Balaban J connectivity index is 1.85. The van der Waals surface area contributed by atoms with Gasteiger partial charge >= 0.3 is 0 Å². The lowest BCUT2D eigenvalue weighted by Crippen LogP contribution is -2.39. The number of hydrogen-bond acceptors (Lipinski definition) is 3. The van der Waals surface area contributed by atoms with Crippen LogP contribution < -0.4 is 5.32 Å². The first-order valence-electron chi connectivity index (χ1n) is 7.20. The quantitative estimate of drug-likeness (QED) is 0.839. The molecular formula is C15H22F2N2O. The normalized spacial score (nSPS) is 21.3. The molecule has 0 amide bonds. The summed E-state index contributed by atoms with van der Waals surface area (Å²) < 4.78 is 27.0. The molecule has 1 fully saturated rings. The zero-order valence-corrected chi connectivity index (χ0v) is 11.8.